The van der Waals surface area contributed by atoms with E-state index in [-0.39, 0.29) is 0 Å². The summed E-state index contributed by atoms with van der Waals surface area (Å²) in [5.41, 5.74) is 0.833. The molecule has 4 aliphatic rings. The average molecular weight is 95.1 g/mol. The summed E-state index contributed by atoms with van der Waals surface area (Å²) >= 11 is 0. The Labute approximate surface area is 43.1 Å². The summed E-state index contributed by atoms with van der Waals surface area (Å²) in [5.74, 6) is 2.24. The van der Waals surface area contributed by atoms with E-state index < -0.39 is 0 Å². The van der Waals surface area contributed by atoms with Crippen molar-refractivity contribution in [2.45, 2.75) is 13.0 Å². The molecule has 2 saturated heterocycles. The maximum Gasteiger partial charge on any atom is 0.0165 e. The molecule has 0 aromatic rings. The van der Waals surface area contributed by atoms with Crippen molar-refractivity contribution in [3.8, 4) is 0 Å². The van der Waals surface area contributed by atoms with Gasteiger partial charge in [-0.3, -0.25) is 0 Å². The van der Waals surface area contributed by atoms with Crippen molar-refractivity contribution in [1.29, 1.82) is 0 Å². The van der Waals surface area contributed by atoms with Crippen LogP contribution >= 0.6 is 0 Å². The van der Waals surface area contributed by atoms with Gasteiger partial charge in [-0.2, -0.15) is 0 Å². The van der Waals surface area contributed by atoms with Crippen molar-refractivity contribution < 1.29 is 0 Å². The van der Waals surface area contributed by atoms with Gasteiger partial charge in [0, 0.05) is 6.04 Å². The summed E-state index contributed by atoms with van der Waals surface area (Å²) in [5, 5.41) is 3.47. The highest BCUT2D eigenvalue weighted by atomic mass is 15.2. The molecule has 7 heavy (non-hydrogen) atoms. The van der Waals surface area contributed by atoms with Gasteiger partial charge in [-0.15, -0.1) is 0 Å². The van der Waals surface area contributed by atoms with Crippen LogP contribution in [0.2, 0.25) is 0 Å². The van der Waals surface area contributed by atoms with Gasteiger partial charge in [-0.1, -0.05) is 6.92 Å². The molecule has 0 aromatic heterocycles. The van der Waals surface area contributed by atoms with Gasteiger partial charge >= 0.3 is 0 Å². The van der Waals surface area contributed by atoms with E-state index in [2.05, 4.69) is 12.2 Å². The topological polar surface area (TPSA) is 12.0 Å². The number of piperidine rings is 1. The quantitative estimate of drug-likeness (QED) is 0.454. The van der Waals surface area contributed by atoms with E-state index in [9.17, 15) is 0 Å². The Kier molecular flexibility index (Phi) is 0.224. The van der Waals surface area contributed by atoms with E-state index in [4.69, 9.17) is 0 Å². The lowest BCUT2D eigenvalue weighted by atomic mass is 10.1. The van der Waals surface area contributed by atoms with E-state index in [0.29, 0.717) is 0 Å². The number of hydrogen-bond acceptors (Lipinski definition) is 1. The second kappa shape index (κ2) is 0.510. The van der Waals surface area contributed by atoms with Gasteiger partial charge in [0.15, 0.2) is 0 Å². The molecule has 0 aromatic carbocycles. The fourth-order valence-corrected chi connectivity index (χ4v) is 2.52. The molecule has 1 nitrogen and oxygen atoms in total. The lowest BCUT2D eigenvalue weighted by Gasteiger charge is -1.93. The third-order valence-electron chi connectivity index (χ3n) is 3.32. The van der Waals surface area contributed by atoms with Crippen LogP contribution in [0, 0.1) is 17.3 Å². The van der Waals surface area contributed by atoms with Crippen molar-refractivity contribution in [2.75, 3.05) is 6.54 Å². The van der Waals surface area contributed by atoms with Crippen LogP contribution in [0.3, 0.4) is 0 Å². The molecule has 2 aliphatic heterocycles. The first-order valence-electron chi connectivity index (χ1n) is 3.08. The third kappa shape index (κ3) is 0.129. The molecule has 2 heterocycles. The first-order valence-corrected chi connectivity index (χ1v) is 3.08. The number of nitrogens with one attached hydrogen (secondary N) is 1. The van der Waals surface area contributed by atoms with Crippen LogP contribution in [0.4, 0.5) is 0 Å². The van der Waals surface area contributed by atoms with Crippen LogP contribution in [0.15, 0.2) is 0 Å². The van der Waals surface area contributed by atoms with Gasteiger partial charge in [-0.25, -0.2) is 0 Å². The molecule has 4 atom stereocenters. The molecule has 2 aliphatic carbocycles. The number of fused-ring (bicyclic) bond motifs is 1. The van der Waals surface area contributed by atoms with Crippen LogP contribution in [0.5, 0.6) is 0 Å². The SMILES string of the molecule is CC12C3CNC1C32. The molecule has 2 saturated carbocycles. The van der Waals surface area contributed by atoms with E-state index >= 15 is 0 Å². The second-order valence-electron chi connectivity index (χ2n) is 3.38. The lowest BCUT2D eigenvalue weighted by Crippen LogP contribution is -2.10. The Morgan fingerprint density at radius 1 is 1.71 bits per heavy atom. The maximum atomic E-state index is 3.47. The molecule has 1 N–H and O–H groups in total. The largest absolute Gasteiger partial charge is 0.313 e. The monoisotopic (exact) mass is 95.1 g/mol. The molecule has 0 amide bonds. The van der Waals surface area contributed by atoms with Gasteiger partial charge in [0.25, 0.3) is 0 Å². The van der Waals surface area contributed by atoms with Crippen molar-refractivity contribution in [1.82, 2.24) is 5.32 Å². The van der Waals surface area contributed by atoms with Crippen molar-refractivity contribution >= 4 is 0 Å². The fraction of sp³-hybridized carbons (Fsp3) is 1.00. The van der Waals surface area contributed by atoms with Crippen molar-refractivity contribution in [3.63, 3.8) is 0 Å². The minimum Gasteiger partial charge on any atom is -0.313 e. The predicted octanol–water partition coefficient (Wildman–Crippen LogP) is 0.224. The molecule has 38 valence electrons. The molecular weight excluding hydrogens is 86.1 g/mol. The van der Waals surface area contributed by atoms with E-state index in [1.165, 1.54) is 6.54 Å². The van der Waals surface area contributed by atoms with Crippen LogP contribution in [-0.4, -0.2) is 12.6 Å². The summed E-state index contributed by atoms with van der Waals surface area (Å²) in [4.78, 5) is 0. The zero-order valence-electron chi connectivity index (χ0n) is 4.44. The Balaban J connectivity index is 2.17. The molecule has 2 bridgehead atoms. The molecule has 1 heteroatoms. The second-order valence-corrected chi connectivity index (χ2v) is 3.38. The molecule has 4 fully saturated rings. The lowest BCUT2D eigenvalue weighted by molar-refractivity contribution is 0.594. The zero-order chi connectivity index (χ0) is 4.65. The van der Waals surface area contributed by atoms with E-state index in [0.717, 1.165) is 23.3 Å². The standard InChI is InChI=1S/C6H9N/c1-6-3-2-7-5(6)4(3)6/h3-5,7H,2H2,1H3. The predicted molar refractivity (Wildman–Crippen MR) is 26.9 cm³/mol. The van der Waals surface area contributed by atoms with Crippen molar-refractivity contribution in [2.24, 2.45) is 17.3 Å². The molecular formula is C6H9N. The van der Waals surface area contributed by atoms with Crippen molar-refractivity contribution in [3.05, 3.63) is 0 Å². The first-order chi connectivity index (χ1) is 3.35. The average Bonchev–Trinajstić information content (AvgIpc) is 2.38. The minimum atomic E-state index is 0.833. The minimum absolute atomic E-state index is 0.833. The van der Waals surface area contributed by atoms with Gasteiger partial charge in [0.1, 0.15) is 0 Å². The summed E-state index contributed by atoms with van der Waals surface area (Å²) in [7, 11) is 0. The summed E-state index contributed by atoms with van der Waals surface area (Å²) < 4.78 is 0. The summed E-state index contributed by atoms with van der Waals surface area (Å²) in [6.07, 6.45) is 0. The van der Waals surface area contributed by atoms with Crippen LogP contribution < -0.4 is 5.32 Å². The zero-order valence-corrected chi connectivity index (χ0v) is 4.44. The highest BCUT2D eigenvalue weighted by Gasteiger charge is 2.86. The Morgan fingerprint density at radius 2 is 2.43 bits per heavy atom. The highest BCUT2D eigenvalue weighted by molar-refractivity contribution is 5.38. The van der Waals surface area contributed by atoms with Crippen LogP contribution in [-0.2, 0) is 0 Å². The maximum absolute atomic E-state index is 3.47. The Hall–Kier alpha value is -0.0400. The number of rotatable bonds is 0. The van der Waals surface area contributed by atoms with Gasteiger partial charge in [0.2, 0.25) is 0 Å². The van der Waals surface area contributed by atoms with Gasteiger partial charge in [-0.05, 0) is 23.8 Å². The molecule has 0 spiro atoms. The summed E-state index contributed by atoms with van der Waals surface area (Å²) in [6, 6.07) is 0.970. The van der Waals surface area contributed by atoms with Gasteiger partial charge < -0.3 is 5.32 Å². The molecule has 4 rings (SSSR count). The third-order valence-corrected chi connectivity index (χ3v) is 3.32. The smallest absolute Gasteiger partial charge is 0.0165 e. The van der Waals surface area contributed by atoms with Crippen LogP contribution in [0.25, 0.3) is 0 Å². The van der Waals surface area contributed by atoms with Gasteiger partial charge in [0.05, 0.1) is 0 Å². The summed E-state index contributed by atoms with van der Waals surface area (Å²) in [6.45, 7) is 3.73. The molecule has 0 radical (unpaired) electrons. The fourth-order valence-electron chi connectivity index (χ4n) is 2.52. The van der Waals surface area contributed by atoms with Crippen LogP contribution in [0.1, 0.15) is 6.92 Å². The highest BCUT2D eigenvalue weighted by Crippen LogP contribution is 2.82. The Bertz CT molecular complexity index is 120. The van der Waals surface area contributed by atoms with E-state index in [1.807, 2.05) is 0 Å². The normalized spacial score (nSPS) is 81.0. The first kappa shape index (κ1) is 3.08. The molecule has 4 unspecified atom stereocenters. The number of hydrogen-bond donors (Lipinski definition) is 1. The Morgan fingerprint density at radius 3 is 2.57 bits per heavy atom. The van der Waals surface area contributed by atoms with E-state index in [1.54, 1.807) is 0 Å².